The lowest BCUT2D eigenvalue weighted by atomic mass is 9.64. The largest absolute Gasteiger partial charge is 0.593 e. The topological polar surface area (TPSA) is 80.1 Å². The molecule has 0 aromatic heterocycles. The average molecular weight is 358 g/mol. The second-order valence-electron chi connectivity index (χ2n) is 7.30. The van der Waals surface area contributed by atoms with Crippen LogP contribution in [0.15, 0.2) is 71.8 Å². The number of carboxylic acid groups (broad SMARTS) is 1. The predicted molar refractivity (Wildman–Crippen MR) is 102 cm³/mol. The SMILES string of the molecule is CC1(C)C2=CC(=O)C=CC2=C(c2ccccc2C(=O)[O-])c2ccc([OH2+])cc21. The highest BCUT2D eigenvalue weighted by Gasteiger charge is 2.38. The fourth-order valence-corrected chi connectivity index (χ4v) is 4.00. The van der Waals surface area contributed by atoms with Crippen molar-refractivity contribution < 1.29 is 19.8 Å². The van der Waals surface area contributed by atoms with Crippen molar-refractivity contribution in [2.45, 2.75) is 19.3 Å². The Hall–Kier alpha value is -3.40. The molecule has 4 nitrogen and oxygen atoms in total. The minimum atomic E-state index is -1.25. The number of benzene rings is 2. The van der Waals surface area contributed by atoms with Crippen LogP contribution >= 0.6 is 0 Å². The van der Waals surface area contributed by atoms with Crippen LogP contribution in [0.4, 0.5) is 0 Å². The van der Waals surface area contributed by atoms with Gasteiger partial charge in [0, 0.05) is 23.1 Å². The van der Waals surface area contributed by atoms with Crippen molar-refractivity contribution in [3.05, 3.63) is 94.1 Å². The second-order valence-corrected chi connectivity index (χ2v) is 7.30. The Balaban J connectivity index is 2.15. The summed E-state index contributed by atoms with van der Waals surface area (Å²) < 4.78 is 0. The molecule has 2 aromatic rings. The molecule has 0 heterocycles. The van der Waals surface area contributed by atoms with E-state index in [2.05, 4.69) is 0 Å². The first-order valence-electron chi connectivity index (χ1n) is 8.67. The molecule has 0 saturated carbocycles. The molecule has 0 atom stereocenters. The smallest absolute Gasteiger partial charge is 0.254 e. The molecule has 2 aliphatic carbocycles. The van der Waals surface area contributed by atoms with E-state index in [0.717, 1.165) is 27.8 Å². The molecule has 0 unspecified atom stereocenters. The molecule has 0 radical (unpaired) electrons. The van der Waals surface area contributed by atoms with Crippen LogP contribution in [0, 0.1) is 0 Å². The third-order valence-electron chi connectivity index (χ3n) is 5.31. The van der Waals surface area contributed by atoms with Gasteiger partial charge in [-0.2, -0.15) is 0 Å². The normalized spacial score (nSPS) is 17.3. The van der Waals surface area contributed by atoms with E-state index in [-0.39, 0.29) is 11.3 Å². The maximum absolute atomic E-state index is 12.1. The Kier molecular flexibility index (Phi) is 3.67. The van der Waals surface area contributed by atoms with Gasteiger partial charge < -0.3 is 15.0 Å². The number of carbonyl (C=O) groups is 2. The van der Waals surface area contributed by atoms with Gasteiger partial charge in [-0.1, -0.05) is 44.2 Å². The fourth-order valence-electron chi connectivity index (χ4n) is 4.00. The molecule has 0 aliphatic heterocycles. The Bertz CT molecular complexity index is 1100. The van der Waals surface area contributed by atoms with E-state index in [1.165, 1.54) is 12.1 Å². The second kappa shape index (κ2) is 5.81. The summed E-state index contributed by atoms with van der Waals surface area (Å²) in [5.41, 5.74) is 4.35. The summed E-state index contributed by atoms with van der Waals surface area (Å²) in [6.07, 6.45) is 4.87. The zero-order valence-electron chi connectivity index (χ0n) is 15.0. The first kappa shape index (κ1) is 17.0. The number of aromatic carboxylic acids is 1. The van der Waals surface area contributed by atoms with Crippen LogP contribution in [0.2, 0.25) is 0 Å². The summed E-state index contributed by atoms with van der Waals surface area (Å²) in [7, 11) is 0. The van der Waals surface area contributed by atoms with Crippen molar-refractivity contribution >= 4 is 17.3 Å². The number of rotatable bonds is 2. The first-order chi connectivity index (χ1) is 12.8. The van der Waals surface area contributed by atoms with Gasteiger partial charge in [0.1, 0.15) is 0 Å². The first-order valence-corrected chi connectivity index (χ1v) is 8.67. The molecule has 0 spiro atoms. The molecule has 4 heteroatoms. The molecule has 0 bridgehead atoms. The number of carbonyl (C=O) groups excluding carboxylic acids is 2. The van der Waals surface area contributed by atoms with E-state index in [1.807, 2.05) is 19.9 Å². The van der Waals surface area contributed by atoms with Crippen LogP contribution < -0.4 is 5.11 Å². The molecular weight excluding hydrogens is 340 g/mol. The molecule has 0 amide bonds. The van der Waals surface area contributed by atoms with Gasteiger partial charge in [0.25, 0.3) is 5.75 Å². The monoisotopic (exact) mass is 358 g/mol. The van der Waals surface area contributed by atoms with E-state index in [0.29, 0.717) is 11.3 Å². The molecular formula is C23H18O4. The van der Waals surface area contributed by atoms with Crippen LogP contribution in [0.25, 0.3) is 5.57 Å². The summed E-state index contributed by atoms with van der Waals surface area (Å²) in [6.45, 7) is 4.04. The van der Waals surface area contributed by atoms with Crippen molar-refractivity contribution in [2.24, 2.45) is 0 Å². The lowest BCUT2D eigenvalue weighted by Gasteiger charge is -2.39. The third-order valence-corrected chi connectivity index (χ3v) is 5.31. The zero-order chi connectivity index (χ0) is 19.3. The van der Waals surface area contributed by atoms with Crippen molar-refractivity contribution in [2.75, 3.05) is 0 Å². The van der Waals surface area contributed by atoms with Gasteiger partial charge in [0.15, 0.2) is 5.78 Å². The molecule has 0 fully saturated rings. The van der Waals surface area contributed by atoms with E-state index in [4.69, 9.17) is 5.11 Å². The van der Waals surface area contributed by atoms with Crippen LogP contribution in [-0.2, 0) is 10.2 Å². The molecule has 134 valence electrons. The summed E-state index contributed by atoms with van der Waals surface area (Å²) in [5.74, 6) is -0.973. The fraction of sp³-hybridized carbons (Fsp3) is 0.130. The number of fused-ring (bicyclic) bond motifs is 2. The Labute approximate surface area is 156 Å². The van der Waals surface area contributed by atoms with E-state index in [1.54, 1.807) is 42.5 Å². The lowest BCUT2D eigenvalue weighted by molar-refractivity contribution is -0.255. The maximum atomic E-state index is 12.1. The minimum absolute atomic E-state index is 0.0974. The van der Waals surface area contributed by atoms with Crippen LogP contribution in [0.5, 0.6) is 5.75 Å². The van der Waals surface area contributed by atoms with Crippen molar-refractivity contribution in [1.82, 2.24) is 0 Å². The quantitative estimate of drug-likeness (QED) is 0.774. The molecule has 2 aliphatic rings. The van der Waals surface area contributed by atoms with Crippen molar-refractivity contribution in [3.63, 3.8) is 0 Å². The molecule has 0 saturated heterocycles. The van der Waals surface area contributed by atoms with Crippen LogP contribution in [0.1, 0.15) is 40.9 Å². The summed E-state index contributed by atoms with van der Waals surface area (Å²) >= 11 is 0. The van der Waals surface area contributed by atoms with Crippen LogP contribution in [0.3, 0.4) is 0 Å². The van der Waals surface area contributed by atoms with E-state index >= 15 is 0 Å². The third kappa shape index (κ3) is 2.53. The average Bonchev–Trinajstić information content (AvgIpc) is 2.63. The van der Waals surface area contributed by atoms with Crippen molar-refractivity contribution in [3.8, 4) is 5.75 Å². The van der Waals surface area contributed by atoms with Gasteiger partial charge >= 0.3 is 0 Å². The number of carboxylic acids is 1. The highest BCUT2D eigenvalue weighted by molar-refractivity contribution is 6.07. The van der Waals surface area contributed by atoms with Gasteiger partial charge in [-0.25, -0.2) is 0 Å². The number of ketones is 1. The lowest BCUT2D eigenvalue weighted by Crippen LogP contribution is -2.30. The Morgan fingerprint density at radius 3 is 2.52 bits per heavy atom. The molecule has 2 N–H and O–H groups in total. The maximum Gasteiger partial charge on any atom is 0.254 e. The Morgan fingerprint density at radius 1 is 1.04 bits per heavy atom. The molecule has 4 rings (SSSR count). The zero-order valence-corrected chi connectivity index (χ0v) is 15.0. The van der Waals surface area contributed by atoms with Gasteiger partial charge in [-0.15, -0.1) is 0 Å². The van der Waals surface area contributed by atoms with Crippen molar-refractivity contribution in [1.29, 1.82) is 0 Å². The standard InChI is InChI=1S/C23H18O4/c1-23(2)19-11-13(24)7-9-17(19)21(18-10-8-14(25)12-20(18)23)15-5-3-4-6-16(15)22(26)27/h3-12,24H,1-2H3,(H,26,27). The van der Waals surface area contributed by atoms with Gasteiger partial charge in [0.2, 0.25) is 0 Å². The van der Waals surface area contributed by atoms with Gasteiger partial charge in [0.05, 0.1) is 5.97 Å². The minimum Gasteiger partial charge on any atom is -0.593 e. The number of hydrogen-bond donors (Lipinski definition) is 0. The summed E-state index contributed by atoms with van der Waals surface area (Å²) in [6, 6.07) is 12.1. The highest BCUT2D eigenvalue weighted by Crippen LogP contribution is 2.50. The van der Waals surface area contributed by atoms with E-state index < -0.39 is 11.4 Å². The summed E-state index contributed by atoms with van der Waals surface area (Å²) in [5, 5.41) is 19.8. The number of hydrogen-bond acceptors (Lipinski definition) is 3. The predicted octanol–water partition coefficient (Wildman–Crippen LogP) is 2.65. The Morgan fingerprint density at radius 2 is 1.78 bits per heavy atom. The van der Waals surface area contributed by atoms with E-state index in [9.17, 15) is 14.7 Å². The van der Waals surface area contributed by atoms with Crippen LogP contribution in [-0.4, -0.2) is 16.9 Å². The molecule has 27 heavy (non-hydrogen) atoms. The highest BCUT2D eigenvalue weighted by atomic mass is 16.4. The molecule has 2 aromatic carbocycles. The van der Waals surface area contributed by atoms with Gasteiger partial charge in [-0.3, -0.25) is 4.79 Å². The number of allylic oxidation sites excluding steroid dienone is 5. The summed E-state index contributed by atoms with van der Waals surface area (Å²) in [4.78, 5) is 23.8. The van der Waals surface area contributed by atoms with Gasteiger partial charge in [-0.05, 0) is 51.6 Å².